The highest BCUT2D eigenvalue weighted by Gasteiger charge is 2.45. The first-order valence-electron chi connectivity index (χ1n) is 9.46. The van der Waals surface area contributed by atoms with Gasteiger partial charge in [0.05, 0.1) is 11.9 Å². The number of sulfonamides is 1. The lowest BCUT2D eigenvalue weighted by Crippen LogP contribution is -2.42. The zero-order chi connectivity index (χ0) is 19.4. The van der Waals surface area contributed by atoms with Crippen LogP contribution >= 0.6 is 0 Å². The molecule has 0 saturated carbocycles. The van der Waals surface area contributed by atoms with Gasteiger partial charge in [0, 0.05) is 12.0 Å². The summed E-state index contributed by atoms with van der Waals surface area (Å²) in [6, 6.07) is 26.9. The van der Waals surface area contributed by atoms with Crippen LogP contribution < -0.4 is 4.31 Å². The maximum Gasteiger partial charge on any atom is 0.232 e. The minimum atomic E-state index is -3.32. The highest BCUT2D eigenvalue weighted by Crippen LogP contribution is 2.53. The highest BCUT2D eigenvalue weighted by molar-refractivity contribution is 7.92. The fraction of sp³-hybridized carbons (Fsp3) is 0.167. The van der Waals surface area contributed by atoms with Crippen LogP contribution in [-0.4, -0.2) is 21.2 Å². The zero-order valence-corrected chi connectivity index (χ0v) is 16.5. The first kappa shape index (κ1) is 17.3. The van der Waals surface area contributed by atoms with E-state index < -0.39 is 10.0 Å². The van der Waals surface area contributed by atoms with Gasteiger partial charge in [-0.2, -0.15) is 0 Å². The third-order valence-corrected chi connectivity index (χ3v) is 7.12. The molecule has 0 fully saturated rings. The molecule has 2 aliphatic rings. The normalized spacial score (nSPS) is 20.6. The van der Waals surface area contributed by atoms with Crippen LogP contribution in [0.2, 0.25) is 0 Å². The van der Waals surface area contributed by atoms with Crippen LogP contribution in [0.1, 0.15) is 28.7 Å². The molecule has 0 bridgehead atoms. The Bertz CT molecular complexity index is 1200. The zero-order valence-electron chi connectivity index (χ0n) is 15.7. The summed E-state index contributed by atoms with van der Waals surface area (Å²) >= 11 is 0. The van der Waals surface area contributed by atoms with Crippen molar-refractivity contribution in [2.24, 2.45) is 0 Å². The average molecular weight is 388 g/mol. The number of allylic oxidation sites excluding steroid dienone is 1. The van der Waals surface area contributed by atoms with Crippen LogP contribution in [0.5, 0.6) is 0 Å². The molecular formula is C24H21NO2S. The maximum absolute atomic E-state index is 12.4. The fourth-order valence-corrected chi connectivity index (χ4v) is 5.68. The van der Waals surface area contributed by atoms with E-state index in [1.807, 2.05) is 24.3 Å². The molecule has 0 amide bonds. The quantitative estimate of drug-likeness (QED) is 0.645. The van der Waals surface area contributed by atoms with Gasteiger partial charge in [0.25, 0.3) is 0 Å². The second-order valence-electron chi connectivity index (χ2n) is 7.54. The second-order valence-corrected chi connectivity index (χ2v) is 9.45. The molecule has 3 aromatic rings. The molecule has 3 nitrogen and oxygen atoms in total. The van der Waals surface area contributed by atoms with E-state index in [0.717, 1.165) is 17.7 Å². The molecule has 1 aliphatic heterocycles. The number of anilines is 1. The van der Waals surface area contributed by atoms with Gasteiger partial charge in [-0.25, -0.2) is 8.42 Å². The minimum Gasteiger partial charge on any atom is -0.270 e. The van der Waals surface area contributed by atoms with Crippen molar-refractivity contribution < 1.29 is 8.42 Å². The molecule has 0 N–H and O–H groups in total. The number of benzene rings is 3. The van der Waals surface area contributed by atoms with Crippen molar-refractivity contribution in [3.05, 3.63) is 107 Å². The van der Waals surface area contributed by atoms with Crippen molar-refractivity contribution in [2.75, 3.05) is 17.1 Å². The van der Waals surface area contributed by atoms with E-state index in [1.165, 1.54) is 28.5 Å². The summed E-state index contributed by atoms with van der Waals surface area (Å²) in [5, 5.41) is 0. The SMILES string of the molecule is CS(=O)(=O)N1CC[C@]2(C=C(c3ccccc3)c3ccccc32)c2ccccc21. The summed E-state index contributed by atoms with van der Waals surface area (Å²) in [5.74, 6) is 0. The average Bonchev–Trinajstić information content (AvgIpc) is 3.04. The van der Waals surface area contributed by atoms with Crippen LogP contribution in [-0.2, 0) is 15.4 Å². The molecule has 0 aromatic heterocycles. The third-order valence-electron chi connectivity index (χ3n) is 5.94. The third kappa shape index (κ3) is 2.45. The Labute approximate surface area is 166 Å². The van der Waals surface area contributed by atoms with Gasteiger partial charge in [0.1, 0.15) is 0 Å². The van der Waals surface area contributed by atoms with E-state index in [4.69, 9.17) is 0 Å². The Hall–Kier alpha value is -2.85. The van der Waals surface area contributed by atoms with Crippen molar-refractivity contribution in [3.8, 4) is 0 Å². The summed E-state index contributed by atoms with van der Waals surface area (Å²) in [7, 11) is -3.32. The molecule has 1 heterocycles. The van der Waals surface area contributed by atoms with Gasteiger partial charge in [-0.05, 0) is 40.3 Å². The molecule has 0 unspecified atom stereocenters. The lowest BCUT2D eigenvalue weighted by atomic mass is 9.71. The first-order chi connectivity index (χ1) is 13.5. The molecule has 4 heteroatoms. The molecule has 3 aromatic carbocycles. The van der Waals surface area contributed by atoms with Gasteiger partial charge in [0.15, 0.2) is 0 Å². The number of hydrogen-bond donors (Lipinski definition) is 0. The molecule has 5 rings (SSSR count). The standard InChI is InChI=1S/C24H21NO2S/c1-28(26,27)25-16-15-24(22-13-7-8-14-23(22)25)17-20(18-9-3-2-4-10-18)19-11-5-6-12-21(19)24/h2-14,17H,15-16H2,1H3/t24-/m1/s1. The van der Waals surface area contributed by atoms with Crippen molar-refractivity contribution in [3.63, 3.8) is 0 Å². The number of rotatable bonds is 2. The second kappa shape index (κ2) is 6.08. The van der Waals surface area contributed by atoms with E-state index >= 15 is 0 Å². The van der Waals surface area contributed by atoms with Gasteiger partial charge in [-0.1, -0.05) is 78.9 Å². The maximum atomic E-state index is 12.4. The van der Waals surface area contributed by atoms with Gasteiger partial charge >= 0.3 is 0 Å². The molecule has 140 valence electrons. The van der Waals surface area contributed by atoms with Crippen molar-refractivity contribution in [2.45, 2.75) is 11.8 Å². The Kier molecular flexibility index (Phi) is 3.75. The van der Waals surface area contributed by atoms with Crippen LogP contribution in [0.3, 0.4) is 0 Å². The molecule has 28 heavy (non-hydrogen) atoms. The molecule has 1 atom stereocenters. The van der Waals surface area contributed by atoms with Crippen molar-refractivity contribution in [1.82, 2.24) is 0 Å². The van der Waals surface area contributed by atoms with E-state index in [-0.39, 0.29) is 5.41 Å². The van der Waals surface area contributed by atoms with Gasteiger partial charge in [0.2, 0.25) is 10.0 Å². The molecule has 0 radical (unpaired) electrons. The summed E-state index contributed by atoms with van der Waals surface area (Å²) in [5.41, 5.74) is 6.45. The Morgan fingerprint density at radius 2 is 1.46 bits per heavy atom. The summed E-state index contributed by atoms with van der Waals surface area (Å²) in [4.78, 5) is 0. The van der Waals surface area contributed by atoms with Gasteiger partial charge < -0.3 is 0 Å². The Balaban J connectivity index is 1.79. The summed E-state index contributed by atoms with van der Waals surface area (Å²) < 4.78 is 26.3. The van der Waals surface area contributed by atoms with E-state index in [1.54, 1.807) is 4.31 Å². The van der Waals surface area contributed by atoms with Crippen LogP contribution in [0.15, 0.2) is 84.9 Å². The predicted molar refractivity (Wildman–Crippen MR) is 114 cm³/mol. The monoisotopic (exact) mass is 387 g/mol. The number of para-hydroxylation sites is 1. The highest BCUT2D eigenvalue weighted by atomic mass is 32.2. The largest absolute Gasteiger partial charge is 0.270 e. The lowest BCUT2D eigenvalue weighted by Gasteiger charge is -2.40. The molecular weight excluding hydrogens is 366 g/mol. The van der Waals surface area contributed by atoms with Gasteiger partial charge in [-0.15, -0.1) is 0 Å². The smallest absolute Gasteiger partial charge is 0.232 e. The van der Waals surface area contributed by atoms with Crippen molar-refractivity contribution in [1.29, 1.82) is 0 Å². The Morgan fingerprint density at radius 1 is 0.821 bits per heavy atom. The summed E-state index contributed by atoms with van der Waals surface area (Å²) in [6.45, 7) is 0.475. The van der Waals surface area contributed by atoms with Crippen LogP contribution in [0, 0.1) is 0 Å². The van der Waals surface area contributed by atoms with E-state index in [0.29, 0.717) is 6.54 Å². The lowest BCUT2D eigenvalue weighted by molar-refractivity contribution is 0.554. The predicted octanol–water partition coefficient (Wildman–Crippen LogP) is 4.59. The molecule has 1 aliphatic carbocycles. The summed E-state index contributed by atoms with van der Waals surface area (Å²) in [6.07, 6.45) is 4.37. The van der Waals surface area contributed by atoms with Gasteiger partial charge in [-0.3, -0.25) is 4.31 Å². The van der Waals surface area contributed by atoms with E-state index in [2.05, 4.69) is 60.7 Å². The topological polar surface area (TPSA) is 37.4 Å². The Morgan fingerprint density at radius 3 is 2.21 bits per heavy atom. The van der Waals surface area contributed by atoms with Crippen LogP contribution in [0.4, 0.5) is 5.69 Å². The number of nitrogens with zero attached hydrogens (tertiary/aromatic N) is 1. The number of fused-ring (bicyclic) bond motifs is 4. The first-order valence-corrected chi connectivity index (χ1v) is 11.3. The minimum absolute atomic E-state index is 0.306. The fourth-order valence-electron chi connectivity index (χ4n) is 4.74. The number of hydrogen-bond acceptors (Lipinski definition) is 2. The molecule has 1 spiro atoms. The molecule has 0 saturated heterocycles. The van der Waals surface area contributed by atoms with Crippen molar-refractivity contribution >= 4 is 21.3 Å². The van der Waals surface area contributed by atoms with E-state index in [9.17, 15) is 8.42 Å². The van der Waals surface area contributed by atoms with Crippen LogP contribution in [0.25, 0.3) is 5.57 Å².